The zero-order valence-electron chi connectivity index (χ0n) is 84.2. The van der Waals surface area contributed by atoms with Gasteiger partial charge in [-0.1, -0.05) is 261 Å². The largest absolute Gasteiger partial charge is 2.00 e. The maximum atomic E-state index is 12.2. The molecular formula is C122H180B2Br4MgO19S. The van der Waals surface area contributed by atoms with Gasteiger partial charge in [0.1, 0.15) is 57.5 Å². The van der Waals surface area contributed by atoms with Gasteiger partial charge in [0.15, 0.2) is 5.78 Å². The van der Waals surface area contributed by atoms with E-state index in [0.717, 1.165) is 130 Å². The van der Waals surface area contributed by atoms with E-state index in [0.29, 0.717) is 35.5 Å². The Bertz CT molecular complexity index is 5760. The van der Waals surface area contributed by atoms with Crippen LogP contribution < -0.4 is 75.3 Å². The minimum absolute atomic E-state index is 0. The number of halogens is 4. The van der Waals surface area contributed by atoms with Gasteiger partial charge in [-0.2, -0.15) is 15.3 Å². The van der Waals surface area contributed by atoms with Gasteiger partial charge in [-0.3, -0.25) is 9.35 Å². The number of allylic oxidation sites excluding steroid dienone is 6. The second-order valence-corrected chi connectivity index (χ2v) is 36.9. The number of ether oxygens (including phenoxy) is 10. The van der Waals surface area contributed by atoms with Crippen molar-refractivity contribution in [3.05, 3.63) is 336 Å². The summed E-state index contributed by atoms with van der Waals surface area (Å²) in [5, 5.41) is 30.7. The third-order valence-corrected chi connectivity index (χ3v) is 26.2. The molecular weight excluding hydrogens is 2170 g/mol. The molecule has 11 aromatic rings. The number of benzene rings is 11. The number of Topliss-reactive ketones (excluding diaryl/α,β-unsaturated/α-hetero) is 1. The Morgan fingerprint density at radius 1 is 0.403 bits per heavy atom. The van der Waals surface area contributed by atoms with Gasteiger partial charge < -0.3 is 95.7 Å². The second kappa shape index (κ2) is 76.4. The monoisotopic (exact) mass is 2340 g/mol. The summed E-state index contributed by atoms with van der Waals surface area (Å²) in [5.41, 5.74) is 14.9. The number of methoxy groups -OCH3 is 10. The summed E-state index contributed by atoms with van der Waals surface area (Å²) < 4.78 is 98.2. The van der Waals surface area contributed by atoms with E-state index in [1.807, 2.05) is 148 Å². The molecule has 0 aromatic heterocycles. The van der Waals surface area contributed by atoms with Gasteiger partial charge in [-0.25, -0.2) is 0 Å². The van der Waals surface area contributed by atoms with E-state index in [1.165, 1.54) is 51.1 Å². The summed E-state index contributed by atoms with van der Waals surface area (Å²) in [5.74, 6) is 8.57. The first-order chi connectivity index (χ1) is 64.9. The SMILES string of the molecule is C.C.C.C.C.C.C.C.C.C.C.C/C=C(\c1ccc(OC)cc1)C(CC)c1cc(Br)cc(OC)c1.C/C=C(\c1ccc(OC)cc1)C(CC)c1cc(OC)cc(B(O)O)c1.C/C=C(\c1ccc(OC)cc1)C(CC)c1cc(OC)cc(B2OC(C)(C)C(C)(C)O2)c1.CCC(c1cc(Br)cc(OC)c1)C(O)(CC)c1ccc(OC)cc1.COc1ccc(C(=O)Cc2cc(Br)cc(OC)c2)cc1.Cc1ccc(S(=O)(=O)O)cc1.[Br-].[CH2-]C.[Mg+2]. The Balaban J connectivity index is -0.000000265. The van der Waals surface area contributed by atoms with Crippen LogP contribution in [0.15, 0.2) is 273 Å². The molecule has 27 heteroatoms. The smallest absolute Gasteiger partial charge is 1.00 e. The van der Waals surface area contributed by atoms with Crippen molar-refractivity contribution < 1.29 is 107 Å². The molecule has 5 atom stereocenters. The first-order valence-corrected chi connectivity index (χ1v) is 49.1. The van der Waals surface area contributed by atoms with Crippen LogP contribution in [0.3, 0.4) is 0 Å². The van der Waals surface area contributed by atoms with Crippen LogP contribution in [0.2, 0.25) is 0 Å². The molecule has 0 saturated carbocycles. The number of hydrogen-bond acceptors (Lipinski definition) is 18. The maximum Gasteiger partial charge on any atom is 2.00 e. The van der Waals surface area contributed by atoms with E-state index in [9.17, 15) is 28.4 Å². The Morgan fingerprint density at radius 2 is 0.691 bits per heavy atom. The van der Waals surface area contributed by atoms with Crippen molar-refractivity contribution in [3.8, 4) is 57.5 Å². The van der Waals surface area contributed by atoms with E-state index < -0.39 is 30.0 Å². The molecule has 5 unspecified atom stereocenters. The van der Waals surface area contributed by atoms with Gasteiger partial charge in [-0.15, -0.1) is 0 Å². The number of ketones is 1. The van der Waals surface area contributed by atoms with Crippen molar-refractivity contribution in [2.24, 2.45) is 0 Å². The van der Waals surface area contributed by atoms with Crippen molar-refractivity contribution in [2.75, 3.05) is 71.1 Å². The second-order valence-electron chi connectivity index (χ2n) is 32.8. The molecule has 0 bridgehead atoms. The van der Waals surface area contributed by atoms with E-state index in [4.69, 9.17) is 61.2 Å². The molecule has 1 aliphatic rings. The molecule has 0 amide bonds. The predicted octanol–water partition coefficient (Wildman–Crippen LogP) is 29.5. The molecule has 12 rings (SSSR count). The minimum Gasteiger partial charge on any atom is -1.00 e. The van der Waals surface area contributed by atoms with Crippen LogP contribution in [0.1, 0.15) is 293 Å². The van der Waals surface area contributed by atoms with Crippen molar-refractivity contribution in [1.82, 2.24) is 0 Å². The van der Waals surface area contributed by atoms with Crippen LogP contribution in [0.4, 0.5) is 0 Å². The molecule has 149 heavy (non-hydrogen) atoms. The van der Waals surface area contributed by atoms with Crippen molar-refractivity contribution in [1.29, 1.82) is 0 Å². The zero-order chi connectivity index (χ0) is 101. The quantitative estimate of drug-likeness (QED) is 0.0129. The first-order valence-electron chi connectivity index (χ1n) is 45.2. The summed E-state index contributed by atoms with van der Waals surface area (Å²) in [4.78, 5) is 12.2. The van der Waals surface area contributed by atoms with Gasteiger partial charge in [0.25, 0.3) is 10.1 Å². The number of aliphatic hydroxyl groups is 1. The molecule has 1 aliphatic heterocycles. The number of hydrogen-bond donors (Lipinski definition) is 4. The molecule has 0 spiro atoms. The topological polar surface area (TPSA) is 243 Å². The average Bonchev–Trinajstić information content (AvgIpc) is 1.57. The Kier molecular flexibility index (Phi) is 79.5. The fourth-order valence-electron chi connectivity index (χ4n) is 16.0. The Labute approximate surface area is 954 Å². The molecule has 11 aromatic carbocycles. The maximum absolute atomic E-state index is 12.2. The van der Waals surface area contributed by atoms with Crippen molar-refractivity contribution in [3.63, 3.8) is 0 Å². The fraction of sp³-hybridized carbons (Fsp3) is 0.393. The van der Waals surface area contributed by atoms with Crippen molar-refractivity contribution in [2.45, 2.75) is 263 Å². The van der Waals surface area contributed by atoms with Crippen LogP contribution in [0.5, 0.6) is 57.5 Å². The molecule has 0 aliphatic carbocycles. The summed E-state index contributed by atoms with van der Waals surface area (Å²) >= 11 is 10.5. The van der Waals surface area contributed by atoms with Gasteiger partial charge >= 0.3 is 37.3 Å². The van der Waals surface area contributed by atoms with Crippen LogP contribution in [-0.2, 0) is 31.4 Å². The minimum atomic E-state index is -4.02. The fourth-order valence-corrected chi connectivity index (χ4v) is 17.9. The third-order valence-electron chi connectivity index (χ3n) is 24.0. The molecule has 1 saturated heterocycles. The molecule has 824 valence electrons. The number of carbonyl (C=O) groups excluding carboxylic acids is 1. The summed E-state index contributed by atoms with van der Waals surface area (Å²) in [6.07, 6.45) is 11.1. The third kappa shape index (κ3) is 44.8. The number of aryl methyl sites for hydroxylation is 1. The van der Waals surface area contributed by atoms with Crippen LogP contribution in [-0.4, -0.2) is 153 Å². The van der Waals surface area contributed by atoms with E-state index in [2.05, 4.69) is 197 Å². The van der Waals surface area contributed by atoms with Crippen LogP contribution in [0, 0.1) is 13.8 Å². The van der Waals surface area contributed by atoms with Gasteiger partial charge in [0.2, 0.25) is 0 Å². The van der Waals surface area contributed by atoms with Crippen LogP contribution >= 0.6 is 47.8 Å². The molecule has 0 radical (unpaired) electrons. The van der Waals surface area contributed by atoms with E-state index in [-0.39, 0.29) is 161 Å². The van der Waals surface area contributed by atoms with Gasteiger partial charge in [0.05, 0.1) is 92.8 Å². The standard InChI is InChI=1S/C26H35BO4.C20H25BO4.C20H25BrO3.C20H23BrO2.C16H15BrO3.C7H8O3S.C2H5.11CH4.BrH.Mg/c1-9-23(18-11-13-21(28-7)14-12-18)24(10-2)19-15-20(17-22(16-19)29-8)27-30-25(3,4)26(5,6)31-27;1-5-19(14-7-9-17(24-3)10-8-14)20(6-2)15-11-16(21(22)23)13-18(12-15)25-4;1-5-19(14-11-16(21)13-18(12-14)24-4)20(22,6-2)15-7-9-17(23-3)10-8-15;1-5-19(14-7-9-17(22-3)10-8-14)20(6-2)15-11-16(21)13-18(12-15)23-4;1-19-14-5-3-12(4-6-14)16(18)9-11-7-13(17)10-15(8-11)20-2;1-6-2-4-7(5-3-6)11(8,9)10;1-2;;;;;;;;;;;;;/h9,11-17,24H,10H2,1-8H3;5,7-13,20,22-23H,6H2,1-4H3;7-13,19,22H,5-6H2,1-4H3;5,7-13,20H,6H2,1-4H3;3-8,10H,9H2,1-2H3;2-5H,1H3,(H,8,9,10);1H2,2H3;11*1H4;1H;/q;;;;;;-1;;;;;;;;;;;;;+2/p-1/b23-9+;19-5+;;19-5+;;;;;;;;;;;;;;;;. The Morgan fingerprint density at radius 3 is 1.00 bits per heavy atom. The average molecular weight is 2350 g/mol. The molecule has 1 fully saturated rings. The summed E-state index contributed by atoms with van der Waals surface area (Å²) in [6, 6.07) is 74.9. The van der Waals surface area contributed by atoms with E-state index in [1.54, 1.807) is 120 Å². The number of carbonyl (C=O) groups is 1. The summed E-state index contributed by atoms with van der Waals surface area (Å²) in [6.45, 7) is 32.0. The zero-order valence-corrected chi connectivity index (χ0v) is 92.8. The Hall–Kier alpha value is -9.16. The number of rotatable bonds is 33. The molecule has 4 N–H and O–H groups in total. The normalized spacial score (nSPS) is 12.6. The molecule has 19 nitrogen and oxygen atoms in total. The predicted molar refractivity (Wildman–Crippen MR) is 646 cm³/mol. The van der Waals surface area contributed by atoms with Crippen molar-refractivity contribution >= 4 is 129 Å². The van der Waals surface area contributed by atoms with Gasteiger partial charge in [0, 0.05) is 49.1 Å². The first kappa shape index (κ1) is 155. The summed E-state index contributed by atoms with van der Waals surface area (Å²) in [7, 11) is 10.5. The van der Waals surface area contributed by atoms with Gasteiger partial charge in [-0.05, 0) is 329 Å². The van der Waals surface area contributed by atoms with E-state index >= 15 is 0 Å². The molecule has 1 heterocycles. The van der Waals surface area contributed by atoms with Crippen LogP contribution in [0.25, 0.3) is 16.7 Å².